The first kappa shape index (κ1) is 16.8. The third-order valence-corrected chi connectivity index (χ3v) is 4.08. The number of hydrogen-bond acceptors (Lipinski definition) is 4. The quantitative estimate of drug-likeness (QED) is 0.815. The van der Waals surface area contributed by atoms with Crippen LogP contribution in [0.5, 0.6) is 0 Å². The van der Waals surface area contributed by atoms with Gasteiger partial charge in [0.1, 0.15) is 17.7 Å². The summed E-state index contributed by atoms with van der Waals surface area (Å²) in [5.74, 6) is 0.845. The molecule has 1 aromatic carbocycles. The maximum atomic E-state index is 13.1. The van der Waals surface area contributed by atoms with Crippen LogP contribution in [-0.2, 0) is 11.2 Å². The van der Waals surface area contributed by atoms with Gasteiger partial charge in [0.25, 0.3) is 5.91 Å². The maximum absolute atomic E-state index is 13.1. The van der Waals surface area contributed by atoms with E-state index in [2.05, 4.69) is 9.97 Å². The topological polar surface area (TPSA) is 69.2 Å². The van der Waals surface area contributed by atoms with Crippen LogP contribution >= 0.6 is 11.8 Å². The summed E-state index contributed by atoms with van der Waals surface area (Å²) < 4.78 is 13.1. The summed E-state index contributed by atoms with van der Waals surface area (Å²) in [5.41, 5.74) is 1.34. The molecule has 0 aliphatic carbocycles. The Morgan fingerprint density at radius 1 is 1.55 bits per heavy atom. The zero-order valence-electron chi connectivity index (χ0n) is 12.7. The molecule has 22 heavy (non-hydrogen) atoms. The average Bonchev–Trinajstić information content (AvgIpc) is 2.91. The Balaban J connectivity index is 1.91. The lowest BCUT2D eigenvalue weighted by atomic mass is 10.2. The van der Waals surface area contributed by atoms with Gasteiger partial charge in [-0.25, -0.2) is 9.37 Å². The van der Waals surface area contributed by atoms with E-state index < -0.39 is 6.10 Å². The van der Waals surface area contributed by atoms with Gasteiger partial charge < -0.3 is 15.0 Å². The molecule has 1 heterocycles. The van der Waals surface area contributed by atoms with Crippen LogP contribution in [0.4, 0.5) is 4.39 Å². The molecule has 0 unspecified atom stereocenters. The van der Waals surface area contributed by atoms with E-state index in [1.165, 1.54) is 17.0 Å². The lowest BCUT2D eigenvalue weighted by Gasteiger charge is -2.20. The molecule has 120 valence electrons. The number of halogens is 1. The number of H-pyrrole nitrogens is 1. The van der Waals surface area contributed by atoms with Gasteiger partial charge >= 0.3 is 0 Å². The smallest absolute Gasteiger partial charge is 0.251 e. The number of carbonyl (C=O) groups excluding carboxylic acids is 1. The minimum absolute atomic E-state index is 0.281. The minimum Gasteiger partial charge on any atom is -0.383 e. The summed E-state index contributed by atoms with van der Waals surface area (Å²) >= 11 is 1.60. The van der Waals surface area contributed by atoms with Gasteiger partial charge in [0.05, 0.1) is 11.0 Å². The second-order valence-electron chi connectivity index (χ2n) is 5.15. The zero-order chi connectivity index (χ0) is 16.1. The normalized spacial score (nSPS) is 12.5. The average molecular weight is 325 g/mol. The molecular formula is C15H20FN3O2S. The van der Waals surface area contributed by atoms with Crippen molar-refractivity contribution in [1.29, 1.82) is 0 Å². The molecule has 0 spiro atoms. The molecule has 5 nitrogen and oxygen atoms in total. The third kappa shape index (κ3) is 4.20. The Morgan fingerprint density at radius 2 is 2.32 bits per heavy atom. The van der Waals surface area contributed by atoms with Crippen molar-refractivity contribution in [1.82, 2.24) is 14.9 Å². The number of thioether (sulfide) groups is 1. The summed E-state index contributed by atoms with van der Waals surface area (Å²) in [6.45, 7) is 0.442. The van der Waals surface area contributed by atoms with Gasteiger partial charge in [-0.1, -0.05) is 0 Å². The van der Waals surface area contributed by atoms with E-state index in [4.69, 9.17) is 0 Å². The van der Waals surface area contributed by atoms with Crippen molar-refractivity contribution in [3.05, 3.63) is 29.8 Å². The third-order valence-electron chi connectivity index (χ3n) is 3.43. The van der Waals surface area contributed by atoms with Crippen LogP contribution in [0.1, 0.15) is 12.2 Å². The monoisotopic (exact) mass is 325 g/mol. The van der Waals surface area contributed by atoms with E-state index in [0.29, 0.717) is 36.2 Å². The Hall–Kier alpha value is -1.60. The highest BCUT2D eigenvalue weighted by atomic mass is 32.2. The van der Waals surface area contributed by atoms with Crippen molar-refractivity contribution in [2.75, 3.05) is 25.6 Å². The molecule has 1 atom stereocenters. The first-order valence-corrected chi connectivity index (χ1v) is 8.46. The number of imidazole rings is 1. The van der Waals surface area contributed by atoms with Crippen molar-refractivity contribution < 1.29 is 14.3 Å². The molecule has 0 saturated heterocycles. The summed E-state index contributed by atoms with van der Waals surface area (Å²) in [6, 6.07) is 4.38. The molecular weight excluding hydrogens is 305 g/mol. The van der Waals surface area contributed by atoms with Crippen molar-refractivity contribution in [2.24, 2.45) is 0 Å². The highest BCUT2D eigenvalue weighted by Crippen LogP contribution is 2.13. The number of nitrogens with one attached hydrogen (secondary N) is 1. The lowest BCUT2D eigenvalue weighted by Crippen LogP contribution is -2.37. The number of aliphatic hydroxyl groups is 1. The van der Waals surface area contributed by atoms with Crippen LogP contribution in [0.2, 0.25) is 0 Å². The number of fused-ring (bicyclic) bond motifs is 1. The number of hydrogen-bond donors (Lipinski definition) is 2. The van der Waals surface area contributed by atoms with E-state index in [1.807, 2.05) is 6.26 Å². The Labute approximate surface area is 132 Å². The van der Waals surface area contributed by atoms with Gasteiger partial charge in [0, 0.05) is 20.0 Å². The summed E-state index contributed by atoms with van der Waals surface area (Å²) in [4.78, 5) is 20.9. The molecule has 2 aromatic rings. The number of nitrogens with zero attached hydrogens (tertiary/aromatic N) is 2. The van der Waals surface area contributed by atoms with Crippen LogP contribution in [0.15, 0.2) is 18.2 Å². The van der Waals surface area contributed by atoms with Gasteiger partial charge in [0.15, 0.2) is 0 Å². The van der Waals surface area contributed by atoms with Crippen molar-refractivity contribution >= 4 is 28.7 Å². The van der Waals surface area contributed by atoms with Crippen LogP contribution < -0.4 is 0 Å². The number of rotatable bonds is 7. The summed E-state index contributed by atoms with van der Waals surface area (Å²) in [5, 5.41) is 9.79. The second kappa shape index (κ2) is 7.60. The molecule has 0 fully saturated rings. The second-order valence-corrected chi connectivity index (χ2v) is 6.14. The number of carbonyl (C=O) groups is 1. The summed E-state index contributed by atoms with van der Waals surface area (Å²) in [6.07, 6.45) is 1.95. The predicted molar refractivity (Wildman–Crippen MR) is 86.4 cm³/mol. The first-order valence-electron chi connectivity index (χ1n) is 7.07. The van der Waals surface area contributed by atoms with E-state index in [0.717, 1.165) is 5.75 Å². The van der Waals surface area contributed by atoms with Crippen molar-refractivity contribution in [3.8, 4) is 0 Å². The zero-order valence-corrected chi connectivity index (χ0v) is 13.5. The Bertz CT molecular complexity index is 647. The number of benzene rings is 1. The van der Waals surface area contributed by atoms with E-state index in [1.54, 1.807) is 24.9 Å². The summed E-state index contributed by atoms with van der Waals surface area (Å²) in [7, 11) is 1.66. The SMILES string of the molecule is CSCC[C@H](O)C(=O)N(C)CCc1nc2ccc(F)cc2[nH]1. The molecule has 0 aliphatic heterocycles. The first-order chi connectivity index (χ1) is 10.5. The largest absolute Gasteiger partial charge is 0.383 e. The maximum Gasteiger partial charge on any atom is 0.251 e. The molecule has 2 rings (SSSR count). The predicted octanol–water partition coefficient (Wildman–Crippen LogP) is 1.82. The fourth-order valence-electron chi connectivity index (χ4n) is 2.14. The molecule has 1 aromatic heterocycles. The number of likely N-dealkylation sites (N-methyl/N-ethyl adjacent to an activating group) is 1. The fraction of sp³-hybridized carbons (Fsp3) is 0.467. The molecule has 0 aliphatic rings. The van der Waals surface area contributed by atoms with Gasteiger partial charge in [-0.3, -0.25) is 4.79 Å². The molecule has 7 heteroatoms. The highest BCUT2D eigenvalue weighted by molar-refractivity contribution is 7.98. The van der Waals surface area contributed by atoms with E-state index in [9.17, 15) is 14.3 Å². The number of aliphatic hydroxyl groups excluding tert-OH is 1. The Morgan fingerprint density at radius 3 is 3.05 bits per heavy atom. The Kier molecular flexibility index (Phi) is 5.79. The standard InChI is InChI=1S/C15H20FN3O2S/c1-19(15(21)13(20)6-8-22-2)7-5-14-17-11-4-3-10(16)9-12(11)18-14/h3-4,9,13,20H,5-8H2,1-2H3,(H,17,18)/t13-/m0/s1. The van der Waals surface area contributed by atoms with Gasteiger partial charge in [-0.15, -0.1) is 0 Å². The molecule has 1 amide bonds. The van der Waals surface area contributed by atoms with Gasteiger partial charge in [0.2, 0.25) is 0 Å². The fourth-order valence-corrected chi connectivity index (χ4v) is 2.60. The van der Waals surface area contributed by atoms with Crippen LogP contribution in [0.25, 0.3) is 11.0 Å². The highest BCUT2D eigenvalue weighted by Gasteiger charge is 2.19. The number of amides is 1. The van der Waals surface area contributed by atoms with Crippen LogP contribution in [0.3, 0.4) is 0 Å². The van der Waals surface area contributed by atoms with E-state index in [-0.39, 0.29) is 11.7 Å². The minimum atomic E-state index is -0.956. The van der Waals surface area contributed by atoms with Crippen molar-refractivity contribution in [2.45, 2.75) is 18.9 Å². The molecule has 2 N–H and O–H groups in total. The number of aromatic nitrogens is 2. The van der Waals surface area contributed by atoms with Crippen molar-refractivity contribution in [3.63, 3.8) is 0 Å². The van der Waals surface area contributed by atoms with Gasteiger partial charge in [-0.05, 0) is 36.6 Å². The lowest BCUT2D eigenvalue weighted by molar-refractivity contribution is -0.138. The molecule has 0 radical (unpaired) electrons. The van der Waals surface area contributed by atoms with Gasteiger partial charge in [-0.2, -0.15) is 11.8 Å². The number of aromatic amines is 1. The molecule has 0 saturated carbocycles. The van der Waals surface area contributed by atoms with Crippen LogP contribution in [-0.4, -0.2) is 57.6 Å². The van der Waals surface area contributed by atoms with E-state index >= 15 is 0 Å². The molecule has 0 bridgehead atoms. The van der Waals surface area contributed by atoms with Crippen LogP contribution in [0, 0.1) is 5.82 Å².